The highest BCUT2D eigenvalue weighted by Crippen LogP contribution is 1.84. The second-order valence-electron chi connectivity index (χ2n) is 1.91. The molecule has 56 valence electrons. The maximum atomic E-state index is 8.71. The van der Waals surface area contributed by atoms with E-state index in [1.807, 2.05) is 6.92 Å². The Bertz CT molecular complexity index is 56.3. The maximum Gasteiger partial charge on any atom is 0.100 e. The molecule has 0 heterocycles. The maximum absolute atomic E-state index is 8.71. The molecule has 0 radical (unpaired) electrons. The van der Waals surface area contributed by atoms with Crippen molar-refractivity contribution in [3.63, 3.8) is 0 Å². The van der Waals surface area contributed by atoms with Gasteiger partial charge in [-0.05, 0) is 6.42 Å². The molecular formula is C6H14O3. The molecule has 3 nitrogen and oxygen atoms in total. The quantitative estimate of drug-likeness (QED) is 0.510. The van der Waals surface area contributed by atoms with E-state index in [2.05, 4.69) is 0 Å². The van der Waals surface area contributed by atoms with Crippen LogP contribution in [0, 0.1) is 0 Å². The topological polar surface area (TPSA) is 49.7 Å². The summed E-state index contributed by atoms with van der Waals surface area (Å²) in [5, 5.41) is 17.0. The van der Waals surface area contributed by atoms with E-state index in [0.29, 0.717) is 6.61 Å². The van der Waals surface area contributed by atoms with Gasteiger partial charge in [-0.25, -0.2) is 0 Å². The van der Waals surface area contributed by atoms with Crippen LogP contribution in [0.15, 0.2) is 0 Å². The minimum Gasteiger partial charge on any atom is -0.394 e. The molecule has 0 bridgehead atoms. The average Bonchev–Trinajstić information content (AvgIpc) is 1.89. The van der Waals surface area contributed by atoms with Gasteiger partial charge in [0.1, 0.15) is 6.10 Å². The van der Waals surface area contributed by atoms with Crippen molar-refractivity contribution in [3.05, 3.63) is 0 Å². The third kappa shape index (κ3) is 5.76. The predicted octanol–water partition coefficient (Wildman–Crippen LogP) is -0.234. The zero-order chi connectivity index (χ0) is 7.11. The minimum absolute atomic E-state index is 0.219. The first-order valence-electron chi connectivity index (χ1n) is 3.18. The van der Waals surface area contributed by atoms with E-state index < -0.39 is 6.10 Å². The molecule has 0 aromatic rings. The van der Waals surface area contributed by atoms with Crippen LogP contribution < -0.4 is 0 Å². The van der Waals surface area contributed by atoms with Gasteiger partial charge in [-0.2, -0.15) is 0 Å². The lowest BCUT2D eigenvalue weighted by molar-refractivity contribution is 0.00653. The third-order valence-corrected chi connectivity index (χ3v) is 0.869. The van der Waals surface area contributed by atoms with Gasteiger partial charge < -0.3 is 14.9 Å². The molecule has 0 spiro atoms. The first kappa shape index (κ1) is 8.88. The van der Waals surface area contributed by atoms with Gasteiger partial charge in [0.05, 0.1) is 13.2 Å². The van der Waals surface area contributed by atoms with Gasteiger partial charge in [-0.3, -0.25) is 0 Å². The number of aliphatic hydroxyl groups is 2. The van der Waals surface area contributed by atoms with Crippen molar-refractivity contribution in [1.82, 2.24) is 0 Å². The van der Waals surface area contributed by atoms with Crippen molar-refractivity contribution < 1.29 is 14.9 Å². The number of rotatable bonds is 5. The van der Waals surface area contributed by atoms with Gasteiger partial charge in [-0.15, -0.1) is 0 Å². The van der Waals surface area contributed by atoms with Crippen molar-refractivity contribution >= 4 is 0 Å². The lowest BCUT2D eigenvalue weighted by Gasteiger charge is -2.05. The lowest BCUT2D eigenvalue weighted by Crippen LogP contribution is -2.19. The van der Waals surface area contributed by atoms with Crippen molar-refractivity contribution in [3.8, 4) is 0 Å². The van der Waals surface area contributed by atoms with Gasteiger partial charge in [0.25, 0.3) is 0 Å². The minimum atomic E-state index is -0.712. The van der Waals surface area contributed by atoms with Crippen LogP contribution in [0.3, 0.4) is 0 Å². The molecule has 3 heteroatoms. The summed E-state index contributed by atoms with van der Waals surface area (Å²) in [6, 6.07) is 0. The van der Waals surface area contributed by atoms with E-state index >= 15 is 0 Å². The Kier molecular flexibility index (Phi) is 5.93. The summed E-state index contributed by atoms with van der Waals surface area (Å²) in [6.07, 6.45) is 0.231. The summed E-state index contributed by atoms with van der Waals surface area (Å²) in [5.74, 6) is 0. The van der Waals surface area contributed by atoms with E-state index in [4.69, 9.17) is 14.9 Å². The van der Waals surface area contributed by atoms with Crippen molar-refractivity contribution in [2.45, 2.75) is 19.4 Å². The molecule has 0 saturated carbocycles. The number of hydrogen-bond donors (Lipinski definition) is 2. The highest BCUT2D eigenvalue weighted by Gasteiger charge is 1.98. The van der Waals surface area contributed by atoms with E-state index in [-0.39, 0.29) is 13.2 Å². The number of hydrogen-bond acceptors (Lipinski definition) is 3. The Labute approximate surface area is 55.3 Å². The Morgan fingerprint density at radius 1 is 1.56 bits per heavy atom. The third-order valence-electron chi connectivity index (χ3n) is 0.869. The van der Waals surface area contributed by atoms with Crippen molar-refractivity contribution in [1.29, 1.82) is 0 Å². The van der Waals surface area contributed by atoms with Crippen molar-refractivity contribution in [2.75, 3.05) is 19.8 Å². The lowest BCUT2D eigenvalue weighted by atomic mass is 10.4. The molecular weight excluding hydrogens is 120 g/mol. The molecule has 0 unspecified atom stereocenters. The van der Waals surface area contributed by atoms with Crippen LogP contribution in [0.25, 0.3) is 0 Å². The van der Waals surface area contributed by atoms with Crippen LogP contribution in [-0.4, -0.2) is 36.1 Å². The standard InChI is InChI=1S/C6H14O3/c1-2-3-9-5-6(8)4-7/h6-8H,2-5H2,1H3/t6-/m1/s1. The summed E-state index contributed by atoms with van der Waals surface area (Å²) < 4.78 is 4.93. The van der Waals surface area contributed by atoms with Gasteiger partial charge in [-0.1, -0.05) is 6.92 Å². The second kappa shape index (κ2) is 6.01. The molecule has 1 atom stereocenters. The Morgan fingerprint density at radius 3 is 2.67 bits per heavy atom. The van der Waals surface area contributed by atoms with E-state index in [1.165, 1.54) is 0 Å². The normalized spacial score (nSPS) is 13.7. The van der Waals surface area contributed by atoms with Gasteiger partial charge >= 0.3 is 0 Å². The van der Waals surface area contributed by atoms with Crippen LogP contribution in [0.5, 0.6) is 0 Å². The molecule has 0 fully saturated rings. The first-order valence-corrected chi connectivity index (χ1v) is 3.18. The molecule has 0 aromatic heterocycles. The van der Waals surface area contributed by atoms with Crippen LogP contribution in [-0.2, 0) is 4.74 Å². The number of ether oxygens (including phenoxy) is 1. The molecule has 0 saturated heterocycles. The average molecular weight is 134 g/mol. The first-order chi connectivity index (χ1) is 4.31. The molecule has 0 aliphatic heterocycles. The zero-order valence-corrected chi connectivity index (χ0v) is 5.71. The fourth-order valence-corrected chi connectivity index (χ4v) is 0.416. The summed E-state index contributed by atoms with van der Waals surface area (Å²) in [5.41, 5.74) is 0. The van der Waals surface area contributed by atoms with Crippen molar-refractivity contribution in [2.24, 2.45) is 0 Å². The second-order valence-corrected chi connectivity index (χ2v) is 1.91. The summed E-state index contributed by atoms with van der Waals surface area (Å²) >= 11 is 0. The molecule has 0 aliphatic carbocycles. The fraction of sp³-hybridized carbons (Fsp3) is 1.00. The number of aliphatic hydroxyl groups excluding tert-OH is 2. The molecule has 0 amide bonds. The van der Waals surface area contributed by atoms with E-state index in [1.54, 1.807) is 0 Å². The fourth-order valence-electron chi connectivity index (χ4n) is 0.416. The van der Waals surface area contributed by atoms with Gasteiger partial charge in [0.2, 0.25) is 0 Å². The summed E-state index contributed by atoms with van der Waals surface area (Å²) in [7, 11) is 0. The van der Waals surface area contributed by atoms with E-state index in [9.17, 15) is 0 Å². The van der Waals surface area contributed by atoms with Crippen LogP contribution in [0.1, 0.15) is 13.3 Å². The van der Waals surface area contributed by atoms with Crippen LogP contribution in [0.4, 0.5) is 0 Å². The molecule has 0 rings (SSSR count). The Balaban J connectivity index is 2.88. The molecule has 0 aliphatic rings. The summed E-state index contributed by atoms with van der Waals surface area (Å²) in [6.45, 7) is 2.66. The SMILES string of the molecule is CCCOC[C@H](O)CO. The Hall–Kier alpha value is -0.120. The molecule has 0 aromatic carbocycles. The zero-order valence-electron chi connectivity index (χ0n) is 5.71. The predicted molar refractivity (Wildman–Crippen MR) is 34.2 cm³/mol. The van der Waals surface area contributed by atoms with Crippen LogP contribution in [0.2, 0.25) is 0 Å². The highest BCUT2D eigenvalue weighted by atomic mass is 16.5. The largest absolute Gasteiger partial charge is 0.394 e. The monoisotopic (exact) mass is 134 g/mol. The van der Waals surface area contributed by atoms with Gasteiger partial charge in [0, 0.05) is 6.61 Å². The smallest absolute Gasteiger partial charge is 0.100 e. The van der Waals surface area contributed by atoms with Gasteiger partial charge in [0.15, 0.2) is 0 Å². The molecule has 2 N–H and O–H groups in total. The Morgan fingerprint density at radius 2 is 2.22 bits per heavy atom. The van der Waals surface area contributed by atoms with E-state index in [0.717, 1.165) is 6.42 Å². The molecule has 9 heavy (non-hydrogen) atoms. The van der Waals surface area contributed by atoms with Crippen LogP contribution >= 0.6 is 0 Å². The highest BCUT2D eigenvalue weighted by molar-refractivity contribution is 4.47. The summed E-state index contributed by atoms with van der Waals surface area (Å²) in [4.78, 5) is 0.